The van der Waals surface area contributed by atoms with E-state index in [0.29, 0.717) is 19.7 Å². The van der Waals surface area contributed by atoms with Crippen LogP contribution in [0.5, 0.6) is 0 Å². The number of carbonyl (C=O) groups excluding carboxylic acids is 1. The largest absolute Gasteiger partial charge is 0.370 e. The topological polar surface area (TPSA) is 55.6 Å². The summed E-state index contributed by atoms with van der Waals surface area (Å²) in [6, 6.07) is 3.98. The highest BCUT2D eigenvalue weighted by molar-refractivity contribution is 7.09. The molecule has 0 unspecified atom stereocenters. The summed E-state index contributed by atoms with van der Waals surface area (Å²) in [5, 5.41) is 2.00. The van der Waals surface area contributed by atoms with Crippen LogP contribution in [-0.2, 0) is 16.1 Å². The third-order valence-corrected chi connectivity index (χ3v) is 2.75. The molecule has 0 atom stereocenters. The summed E-state index contributed by atoms with van der Waals surface area (Å²) in [4.78, 5) is 14.3. The molecule has 1 amide bonds. The Morgan fingerprint density at radius 1 is 1.67 bits per heavy atom. The third-order valence-electron chi connectivity index (χ3n) is 1.89. The first-order valence-electron chi connectivity index (χ1n) is 4.78. The van der Waals surface area contributed by atoms with E-state index in [-0.39, 0.29) is 12.5 Å². The molecule has 0 fully saturated rings. The molecule has 0 spiro atoms. The van der Waals surface area contributed by atoms with Crippen LogP contribution in [0.2, 0.25) is 0 Å². The average Bonchev–Trinajstić information content (AvgIpc) is 2.70. The smallest absolute Gasteiger partial charge is 0.248 e. The van der Waals surface area contributed by atoms with Gasteiger partial charge in [-0.1, -0.05) is 6.07 Å². The molecule has 1 rings (SSSR count). The highest BCUT2D eigenvalue weighted by Crippen LogP contribution is 2.10. The number of rotatable bonds is 6. The van der Waals surface area contributed by atoms with Gasteiger partial charge in [0.1, 0.15) is 6.61 Å². The Hall–Kier alpha value is -0.910. The molecule has 0 aliphatic rings. The summed E-state index contributed by atoms with van der Waals surface area (Å²) in [7, 11) is 1.77. The summed E-state index contributed by atoms with van der Waals surface area (Å²) < 4.78 is 5.07. The highest BCUT2D eigenvalue weighted by atomic mass is 32.1. The van der Waals surface area contributed by atoms with E-state index in [1.54, 1.807) is 23.3 Å². The van der Waals surface area contributed by atoms with Crippen LogP contribution >= 0.6 is 11.3 Å². The van der Waals surface area contributed by atoms with Crippen molar-refractivity contribution in [1.29, 1.82) is 0 Å². The average molecular weight is 228 g/mol. The second-order valence-corrected chi connectivity index (χ2v) is 4.20. The predicted octanol–water partition coefficient (Wildman–Crippen LogP) is 0.682. The van der Waals surface area contributed by atoms with Crippen LogP contribution in [0.4, 0.5) is 0 Å². The maximum Gasteiger partial charge on any atom is 0.248 e. The molecule has 0 bridgehead atoms. The SMILES string of the molecule is CN(Cc1cccs1)C(=O)COCCN. The van der Waals surface area contributed by atoms with Gasteiger partial charge in [0.15, 0.2) is 0 Å². The summed E-state index contributed by atoms with van der Waals surface area (Å²) >= 11 is 1.64. The van der Waals surface area contributed by atoms with Gasteiger partial charge in [-0.25, -0.2) is 0 Å². The van der Waals surface area contributed by atoms with Gasteiger partial charge in [-0.2, -0.15) is 0 Å². The van der Waals surface area contributed by atoms with E-state index in [9.17, 15) is 4.79 Å². The van der Waals surface area contributed by atoms with E-state index in [1.165, 1.54) is 4.88 Å². The van der Waals surface area contributed by atoms with Gasteiger partial charge in [0.25, 0.3) is 0 Å². The molecule has 1 heterocycles. The van der Waals surface area contributed by atoms with E-state index >= 15 is 0 Å². The van der Waals surface area contributed by atoms with Gasteiger partial charge in [-0.3, -0.25) is 4.79 Å². The van der Waals surface area contributed by atoms with Gasteiger partial charge >= 0.3 is 0 Å². The van der Waals surface area contributed by atoms with Crippen molar-refractivity contribution in [1.82, 2.24) is 4.90 Å². The van der Waals surface area contributed by atoms with Crippen LogP contribution in [0.15, 0.2) is 17.5 Å². The Balaban J connectivity index is 2.27. The lowest BCUT2D eigenvalue weighted by Gasteiger charge is -2.15. The maximum absolute atomic E-state index is 11.5. The number of nitrogens with zero attached hydrogens (tertiary/aromatic N) is 1. The summed E-state index contributed by atoms with van der Waals surface area (Å²) in [6.07, 6.45) is 0. The van der Waals surface area contributed by atoms with E-state index < -0.39 is 0 Å². The molecule has 0 radical (unpaired) electrons. The molecule has 15 heavy (non-hydrogen) atoms. The van der Waals surface area contributed by atoms with Crippen molar-refractivity contribution in [3.05, 3.63) is 22.4 Å². The Morgan fingerprint density at radius 3 is 3.07 bits per heavy atom. The van der Waals surface area contributed by atoms with Crippen molar-refractivity contribution < 1.29 is 9.53 Å². The number of ether oxygens (including phenoxy) is 1. The molecule has 0 saturated carbocycles. The molecule has 0 aliphatic carbocycles. The fourth-order valence-electron chi connectivity index (χ4n) is 1.08. The molecular formula is C10H16N2O2S. The lowest BCUT2D eigenvalue weighted by molar-refractivity contribution is -0.135. The molecule has 0 aromatic carbocycles. The van der Waals surface area contributed by atoms with Crippen molar-refractivity contribution in [3.8, 4) is 0 Å². The Morgan fingerprint density at radius 2 is 2.47 bits per heavy atom. The Bertz CT molecular complexity index is 288. The monoisotopic (exact) mass is 228 g/mol. The van der Waals surface area contributed by atoms with Crippen molar-refractivity contribution in [3.63, 3.8) is 0 Å². The van der Waals surface area contributed by atoms with Gasteiger partial charge < -0.3 is 15.4 Å². The number of hydrogen-bond acceptors (Lipinski definition) is 4. The molecule has 2 N–H and O–H groups in total. The molecule has 0 aliphatic heterocycles. The van der Waals surface area contributed by atoms with E-state index in [4.69, 9.17) is 10.5 Å². The maximum atomic E-state index is 11.5. The number of thiophene rings is 1. The van der Waals surface area contributed by atoms with Crippen molar-refractivity contribution in [2.45, 2.75) is 6.54 Å². The minimum Gasteiger partial charge on any atom is -0.370 e. The van der Waals surface area contributed by atoms with Gasteiger partial charge in [-0.05, 0) is 11.4 Å². The number of carbonyl (C=O) groups is 1. The van der Waals surface area contributed by atoms with Crippen LogP contribution in [0, 0.1) is 0 Å². The van der Waals surface area contributed by atoms with Crippen LogP contribution in [-0.4, -0.2) is 37.6 Å². The third kappa shape index (κ3) is 4.42. The number of nitrogens with two attached hydrogens (primary N) is 1. The Labute approximate surface area is 93.6 Å². The predicted molar refractivity (Wildman–Crippen MR) is 60.7 cm³/mol. The summed E-state index contributed by atoms with van der Waals surface area (Å²) in [6.45, 7) is 1.63. The van der Waals surface area contributed by atoms with Crippen LogP contribution in [0.1, 0.15) is 4.88 Å². The standard InChI is InChI=1S/C10H16N2O2S/c1-12(7-9-3-2-6-15-9)10(13)8-14-5-4-11/h2-3,6H,4-5,7-8,11H2,1H3. The second-order valence-electron chi connectivity index (χ2n) is 3.17. The van der Waals surface area contributed by atoms with Crippen LogP contribution in [0.3, 0.4) is 0 Å². The minimum absolute atomic E-state index is 0.0168. The van der Waals surface area contributed by atoms with E-state index in [1.807, 2.05) is 17.5 Å². The first-order valence-corrected chi connectivity index (χ1v) is 5.66. The minimum atomic E-state index is -0.0168. The molecular weight excluding hydrogens is 212 g/mol. The van der Waals surface area contributed by atoms with Gasteiger partial charge in [-0.15, -0.1) is 11.3 Å². The van der Waals surface area contributed by atoms with Gasteiger partial charge in [0.2, 0.25) is 5.91 Å². The van der Waals surface area contributed by atoms with Gasteiger partial charge in [0.05, 0.1) is 13.2 Å². The molecule has 5 heteroatoms. The fourth-order valence-corrected chi connectivity index (χ4v) is 1.83. The lowest BCUT2D eigenvalue weighted by atomic mass is 10.4. The first-order chi connectivity index (χ1) is 7.24. The number of likely N-dealkylation sites (N-methyl/N-ethyl adjacent to an activating group) is 1. The molecule has 1 aromatic heterocycles. The molecule has 84 valence electrons. The van der Waals surface area contributed by atoms with Crippen LogP contribution in [0.25, 0.3) is 0 Å². The van der Waals surface area contributed by atoms with Crippen molar-refractivity contribution in [2.75, 3.05) is 26.8 Å². The molecule has 1 aromatic rings. The quantitative estimate of drug-likeness (QED) is 0.729. The number of hydrogen-bond donors (Lipinski definition) is 1. The van der Waals surface area contributed by atoms with Crippen LogP contribution < -0.4 is 5.73 Å². The molecule has 0 saturated heterocycles. The lowest BCUT2D eigenvalue weighted by Crippen LogP contribution is -2.30. The highest BCUT2D eigenvalue weighted by Gasteiger charge is 2.09. The zero-order valence-corrected chi connectivity index (χ0v) is 9.63. The van der Waals surface area contributed by atoms with Gasteiger partial charge in [0, 0.05) is 18.5 Å². The first kappa shape index (κ1) is 12.2. The second kappa shape index (κ2) is 6.55. The van der Waals surface area contributed by atoms with E-state index in [0.717, 1.165) is 0 Å². The normalized spacial score (nSPS) is 10.3. The van der Waals surface area contributed by atoms with Crippen molar-refractivity contribution >= 4 is 17.2 Å². The summed E-state index contributed by atoms with van der Waals surface area (Å²) in [5.74, 6) is -0.0168. The van der Waals surface area contributed by atoms with Crippen molar-refractivity contribution in [2.24, 2.45) is 5.73 Å². The zero-order chi connectivity index (χ0) is 11.1. The number of amides is 1. The summed E-state index contributed by atoms with van der Waals surface area (Å²) in [5.41, 5.74) is 5.25. The fraction of sp³-hybridized carbons (Fsp3) is 0.500. The Kier molecular flexibility index (Phi) is 5.31. The molecule has 4 nitrogen and oxygen atoms in total. The zero-order valence-electron chi connectivity index (χ0n) is 8.81. The van der Waals surface area contributed by atoms with E-state index in [2.05, 4.69) is 0 Å².